The van der Waals surface area contributed by atoms with Crippen LogP contribution in [-0.4, -0.2) is 25.3 Å². The maximum atomic E-state index is 5.76. The lowest BCUT2D eigenvalue weighted by atomic mass is 10.4. The Bertz CT molecular complexity index is 476. The van der Waals surface area contributed by atoms with Crippen molar-refractivity contribution >= 4 is 28.6 Å². The summed E-state index contributed by atoms with van der Waals surface area (Å²) < 4.78 is 0. The fourth-order valence-corrected chi connectivity index (χ4v) is 1.21. The topological polar surface area (TPSA) is 66.5 Å². The van der Waals surface area contributed by atoms with E-state index in [1.807, 2.05) is 13.0 Å². The van der Waals surface area contributed by atoms with Crippen LogP contribution in [0.2, 0.25) is 0 Å². The van der Waals surface area contributed by atoms with Crippen LogP contribution in [0.25, 0.3) is 11.2 Å². The maximum absolute atomic E-state index is 5.76. The largest absolute Gasteiger partial charge is 0.345 e. The number of nitrogens with one attached hydrogen (secondary N) is 2. The molecular weight excluding hydrogens is 214 g/mol. The van der Waals surface area contributed by atoms with Crippen LogP contribution < -0.4 is 5.32 Å². The van der Waals surface area contributed by atoms with E-state index in [0.29, 0.717) is 11.5 Å². The van der Waals surface area contributed by atoms with Crippen molar-refractivity contribution < 1.29 is 0 Å². The minimum Gasteiger partial charge on any atom is -0.345 e. The number of hydrogen-bond donors (Lipinski definition) is 2. The van der Waals surface area contributed by atoms with Crippen molar-refractivity contribution in [1.29, 1.82) is 0 Å². The van der Waals surface area contributed by atoms with Crippen molar-refractivity contribution in [2.75, 3.05) is 5.32 Å². The molecule has 5 nitrogen and oxygen atoms in total. The molecule has 0 radical (unpaired) electrons. The first-order valence-electron chi connectivity index (χ1n) is 4.49. The predicted molar refractivity (Wildman–Crippen MR) is 59.8 cm³/mol. The molecule has 6 heteroatoms. The zero-order valence-electron chi connectivity index (χ0n) is 8.11. The Morgan fingerprint density at radius 3 is 3.13 bits per heavy atom. The van der Waals surface area contributed by atoms with E-state index >= 15 is 0 Å². The van der Waals surface area contributed by atoms with Crippen molar-refractivity contribution in [3.63, 3.8) is 0 Å². The third-order valence-corrected chi connectivity index (χ3v) is 1.95. The zero-order chi connectivity index (χ0) is 10.7. The minimum absolute atomic E-state index is 0.0170. The van der Waals surface area contributed by atoms with E-state index in [9.17, 15) is 0 Å². The van der Waals surface area contributed by atoms with Crippen LogP contribution in [0, 0.1) is 0 Å². The van der Waals surface area contributed by atoms with Crippen LogP contribution in [-0.2, 0) is 0 Å². The fraction of sp³-hybridized carbons (Fsp3) is 0.222. The molecule has 0 aliphatic rings. The van der Waals surface area contributed by atoms with Crippen molar-refractivity contribution in [3.8, 4) is 0 Å². The summed E-state index contributed by atoms with van der Waals surface area (Å²) in [6.07, 6.45) is 6.62. The van der Waals surface area contributed by atoms with Gasteiger partial charge < -0.3 is 10.3 Å². The molecule has 2 aromatic rings. The van der Waals surface area contributed by atoms with Crippen molar-refractivity contribution in [1.82, 2.24) is 19.9 Å². The van der Waals surface area contributed by atoms with Crippen LogP contribution in [0.1, 0.15) is 6.92 Å². The molecule has 2 N–H and O–H groups in total. The second-order valence-electron chi connectivity index (χ2n) is 3.00. The number of H-pyrrole nitrogens is 1. The highest BCUT2D eigenvalue weighted by Crippen LogP contribution is 2.14. The van der Waals surface area contributed by atoms with Crippen molar-refractivity contribution in [2.24, 2.45) is 0 Å². The van der Waals surface area contributed by atoms with E-state index in [4.69, 9.17) is 11.6 Å². The number of anilines is 1. The molecule has 1 atom stereocenters. The lowest BCUT2D eigenvalue weighted by molar-refractivity contribution is 1.19. The Morgan fingerprint density at radius 1 is 1.47 bits per heavy atom. The molecule has 0 aromatic carbocycles. The fourth-order valence-electron chi connectivity index (χ4n) is 1.13. The number of fused-ring (bicyclic) bond motifs is 1. The monoisotopic (exact) mass is 223 g/mol. The number of halogens is 1. The van der Waals surface area contributed by atoms with Gasteiger partial charge >= 0.3 is 0 Å². The molecule has 1 unspecified atom stereocenters. The third-order valence-electron chi connectivity index (χ3n) is 1.80. The minimum atomic E-state index is -0.0170. The van der Waals surface area contributed by atoms with Gasteiger partial charge in [0.2, 0.25) is 0 Å². The highest BCUT2D eigenvalue weighted by Gasteiger charge is 2.02. The number of aromatic nitrogens is 4. The quantitative estimate of drug-likeness (QED) is 0.780. The molecule has 0 saturated carbocycles. The normalized spacial score (nSPS) is 13.5. The van der Waals surface area contributed by atoms with E-state index in [1.54, 1.807) is 12.5 Å². The summed E-state index contributed by atoms with van der Waals surface area (Å²) in [4.78, 5) is 15.1. The van der Waals surface area contributed by atoms with E-state index in [-0.39, 0.29) is 5.38 Å². The molecule has 0 spiro atoms. The molecule has 2 aromatic heterocycles. The van der Waals surface area contributed by atoms with Gasteiger partial charge in [-0.05, 0) is 13.1 Å². The van der Waals surface area contributed by atoms with Gasteiger partial charge in [0.1, 0.15) is 11.8 Å². The van der Waals surface area contributed by atoms with Crippen LogP contribution in [0.5, 0.6) is 0 Å². The summed E-state index contributed by atoms with van der Waals surface area (Å²) in [5.74, 6) is 0.686. The molecule has 0 fully saturated rings. The smallest absolute Gasteiger partial charge is 0.182 e. The van der Waals surface area contributed by atoms with E-state index in [0.717, 1.165) is 5.52 Å². The van der Waals surface area contributed by atoms with Gasteiger partial charge in [-0.2, -0.15) is 0 Å². The molecule has 0 aliphatic heterocycles. The molecular formula is C9H10ClN5. The van der Waals surface area contributed by atoms with E-state index in [1.165, 1.54) is 6.33 Å². The Hall–Kier alpha value is -1.62. The summed E-state index contributed by atoms with van der Waals surface area (Å²) in [6.45, 7) is 1.88. The van der Waals surface area contributed by atoms with Gasteiger partial charge in [0.15, 0.2) is 11.5 Å². The second-order valence-corrected chi connectivity index (χ2v) is 3.69. The Labute approximate surface area is 91.6 Å². The number of alkyl halides is 1. The third kappa shape index (κ3) is 2.24. The van der Waals surface area contributed by atoms with E-state index < -0.39 is 0 Å². The van der Waals surface area contributed by atoms with Crippen LogP contribution in [0.3, 0.4) is 0 Å². The first kappa shape index (κ1) is 9.92. The SMILES string of the molecule is CC(Cl)C=CNc1ncnc2nc[nH]c12. The van der Waals surface area contributed by atoms with Gasteiger partial charge in [-0.15, -0.1) is 11.6 Å². The summed E-state index contributed by atoms with van der Waals surface area (Å²) >= 11 is 5.76. The van der Waals surface area contributed by atoms with Gasteiger partial charge in [0.25, 0.3) is 0 Å². The molecule has 2 heterocycles. The molecule has 0 saturated heterocycles. The van der Waals surface area contributed by atoms with Crippen LogP contribution in [0.4, 0.5) is 5.82 Å². The predicted octanol–water partition coefficient (Wildman–Crippen LogP) is 1.91. The summed E-state index contributed by atoms with van der Waals surface area (Å²) in [6, 6.07) is 0. The van der Waals surface area contributed by atoms with Gasteiger partial charge in [-0.1, -0.05) is 6.08 Å². The lowest BCUT2D eigenvalue weighted by Gasteiger charge is -2.00. The average Bonchev–Trinajstić information content (AvgIpc) is 2.65. The van der Waals surface area contributed by atoms with Crippen molar-refractivity contribution in [3.05, 3.63) is 24.9 Å². The molecule has 15 heavy (non-hydrogen) atoms. The van der Waals surface area contributed by atoms with Gasteiger partial charge in [-0.3, -0.25) is 0 Å². The van der Waals surface area contributed by atoms with E-state index in [2.05, 4.69) is 25.3 Å². The number of nitrogens with zero attached hydrogens (tertiary/aromatic N) is 3. The molecule has 78 valence electrons. The first-order chi connectivity index (χ1) is 7.27. The van der Waals surface area contributed by atoms with Crippen LogP contribution in [0.15, 0.2) is 24.9 Å². The number of hydrogen-bond acceptors (Lipinski definition) is 4. The molecule has 0 aliphatic carbocycles. The maximum Gasteiger partial charge on any atom is 0.182 e. The molecule has 0 amide bonds. The highest BCUT2D eigenvalue weighted by atomic mass is 35.5. The van der Waals surface area contributed by atoms with Gasteiger partial charge in [0.05, 0.1) is 11.7 Å². The summed E-state index contributed by atoms with van der Waals surface area (Å²) in [7, 11) is 0. The van der Waals surface area contributed by atoms with Crippen LogP contribution >= 0.6 is 11.6 Å². The average molecular weight is 224 g/mol. The number of allylic oxidation sites excluding steroid dienone is 1. The Kier molecular flexibility index (Phi) is 2.82. The standard InChI is InChI=1S/C9H10ClN5/c1-6(10)2-3-11-8-7-9(13-4-12-7)15-5-14-8/h2-6H,1H3,(H2,11,12,13,14,15). The number of imidazole rings is 1. The van der Waals surface area contributed by atoms with Gasteiger partial charge in [0, 0.05) is 0 Å². The summed E-state index contributed by atoms with van der Waals surface area (Å²) in [5.41, 5.74) is 1.42. The zero-order valence-corrected chi connectivity index (χ0v) is 8.86. The Balaban J connectivity index is 2.24. The Morgan fingerprint density at radius 2 is 2.33 bits per heavy atom. The highest BCUT2D eigenvalue weighted by molar-refractivity contribution is 6.21. The second kappa shape index (κ2) is 4.27. The molecule has 0 bridgehead atoms. The number of rotatable bonds is 3. The van der Waals surface area contributed by atoms with Gasteiger partial charge in [-0.25, -0.2) is 15.0 Å². The lowest BCUT2D eigenvalue weighted by Crippen LogP contribution is -1.95. The first-order valence-corrected chi connectivity index (χ1v) is 4.92. The molecule has 2 rings (SSSR count). The number of aromatic amines is 1. The summed E-state index contributed by atoms with van der Waals surface area (Å²) in [5, 5.41) is 3.00. The van der Waals surface area contributed by atoms with Crippen molar-refractivity contribution in [2.45, 2.75) is 12.3 Å².